The standard InChI is InChI=1S/C9H7F4NO4S/c1-3-8(10,11)9(12,13)19(16,17)18-14-6(2)4-5-7(14)15/h3-5H,1-2H2. The second-order valence-corrected chi connectivity index (χ2v) is 4.90. The summed E-state index contributed by atoms with van der Waals surface area (Å²) in [5, 5.41) is -5.73. The van der Waals surface area contributed by atoms with Gasteiger partial charge in [-0.2, -0.15) is 31.0 Å². The number of hydrogen-bond donors (Lipinski definition) is 0. The van der Waals surface area contributed by atoms with Gasteiger partial charge in [-0.3, -0.25) is 4.79 Å². The Morgan fingerprint density at radius 2 is 1.79 bits per heavy atom. The van der Waals surface area contributed by atoms with E-state index in [4.69, 9.17) is 0 Å². The van der Waals surface area contributed by atoms with Crippen LogP contribution < -0.4 is 0 Å². The molecule has 0 atom stereocenters. The normalized spacial score (nSPS) is 17.2. The van der Waals surface area contributed by atoms with Crippen LogP contribution in [0.2, 0.25) is 0 Å². The van der Waals surface area contributed by atoms with Gasteiger partial charge in [-0.1, -0.05) is 13.2 Å². The SMILES string of the molecule is C=CC(F)(F)C(F)(F)S(=O)(=O)ON1C(=C)C=CC1=O. The minimum Gasteiger partial charge on any atom is -0.267 e. The molecule has 0 aliphatic carbocycles. The van der Waals surface area contributed by atoms with Gasteiger partial charge in [0.1, 0.15) is 0 Å². The predicted octanol–water partition coefficient (Wildman–Crippen LogP) is 1.57. The third-order valence-electron chi connectivity index (χ3n) is 2.01. The largest absolute Gasteiger partial charge is 0.437 e. The van der Waals surface area contributed by atoms with Crippen molar-refractivity contribution in [3.8, 4) is 0 Å². The van der Waals surface area contributed by atoms with Crippen LogP contribution in [0.5, 0.6) is 0 Å². The Bertz CT molecular complexity index is 549. The van der Waals surface area contributed by atoms with Crippen LogP contribution in [0.4, 0.5) is 17.6 Å². The maximum Gasteiger partial charge on any atom is 0.437 e. The molecule has 0 saturated carbocycles. The molecule has 0 spiro atoms. The van der Waals surface area contributed by atoms with Gasteiger partial charge in [0.15, 0.2) is 0 Å². The highest BCUT2D eigenvalue weighted by Crippen LogP contribution is 2.41. The van der Waals surface area contributed by atoms with E-state index < -0.39 is 39.0 Å². The minimum atomic E-state index is -6.13. The second kappa shape index (κ2) is 4.46. The fourth-order valence-electron chi connectivity index (χ4n) is 0.959. The Hall–Kier alpha value is -1.68. The second-order valence-electron chi connectivity index (χ2n) is 3.33. The molecule has 1 aliphatic heterocycles. The lowest BCUT2D eigenvalue weighted by Gasteiger charge is -2.25. The van der Waals surface area contributed by atoms with E-state index in [1.165, 1.54) is 0 Å². The molecule has 1 rings (SSSR count). The summed E-state index contributed by atoms with van der Waals surface area (Å²) in [5.74, 6) is -6.21. The van der Waals surface area contributed by atoms with E-state index in [0.717, 1.165) is 12.2 Å². The van der Waals surface area contributed by atoms with Crippen molar-refractivity contribution in [2.24, 2.45) is 0 Å². The van der Waals surface area contributed by atoms with Crippen LogP contribution in [0.3, 0.4) is 0 Å². The van der Waals surface area contributed by atoms with E-state index in [0.29, 0.717) is 0 Å². The molecule has 106 valence electrons. The summed E-state index contributed by atoms with van der Waals surface area (Å²) in [6.45, 7) is 5.52. The fourth-order valence-corrected chi connectivity index (χ4v) is 1.84. The zero-order chi connectivity index (χ0) is 15.1. The van der Waals surface area contributed by atoms with E-state index >= 15 is 0 Å². The summed E-state index contributed by atoms with van der Waals surface area (Å²) < 4.78 is 78.0. The molecule has 10 heteroatoms. The van der Waals surface area contributed by atoms with Crippen molar-refractivity contribution >= 4 is 16.0 Å². The number of carbonyl (C=O) groups is 1. The third kappa shape index (κ3) is 2.40. The lowest BCUT2D eigenvalue weighted by molar-refractivity contribution is -0.152. The number of nitrogens with zero attached hydrogens (tertiary/aromatic N) is 1. The summed E-state index contributed by atoms with van der Waals surface area (Å²) in [7, 11) is -6.13. The average molecular weight is 301 g/mol. The molecule has 0 radical (unpaired) electrons. The first-order valence-electron chi connectivity index (χ1n) is 4.51. The number of rotatable bonds is 5. The molecule has 0 fully saturated rings. The third-order valence-corrected chi connectivity index (χ3v) is 3.26. The highest BCUT2D eigenvalue weighted by atomic mass is 32.2. The molecule has 1 amide bonds. The number of hydrogen-bond acceptors (Lipinski definition) is 4. The molecule has 19 heavy (non-hydrogen) atoms. The minimum absolute atomic E-state index is 0.136. The van der Waals surface area contributed by atoms with Crippen molar-refractivity contribution in [2.45, 2.75) is 11.2 Å². The quantitative estimate of drug-likeness (QED) is 0.571. The number of alkyl halides is 4. The van der Waals surface area contributed by atoms with Crippen molar-refractivity contribution in [2.75, 3.05) is 0 Å². The van der Waals surface area contributed by atoms with Gasteiger partial charge in [-0.15, -0.1) is 4.28 Å². The summed E-state index contributed by atoms with van der Waals surface area (Å²) in [5.41, 5.74) is -0.397. The molecule has 1 heterocycles. The van der Waals surface area contributed by atoms with Gasteiger partial charge in [-0.05, 0) is 12.2 Å². The summed E-state index contributed by atoms with van der Waals surface area (Å²) in [6.07, 6.45) is 1.19. The van der Waals surface area contributed by atoms with Gasteiger partial charge in [-0.25, -0.2) is 0 Å². The van der Waals surface area contributed by atoms with Crippen molar-refractivity contribution < 1.29 is 35.1 Å². The molecule has 0 bridgehead atoms. The fraction of sp³-hybridized carbons (Fsp3) is 0.222. The Morgan fingerprint density at radius 3 is 2.16 bits per heavy atom. The number of hydroxylamine groups is 2. The van der Waals surface area contributed by atoms with E-state index in [1.807, 2.05) is 0 Å². The van der Waals surface area contributed by atoms with E-state index in [1.54, 1.807) is 0 Å². The number of halogens is 4. The van der Waals surface area contributed by atoms with Crippen LogP contribution in [-0.2, 0) is 19.2 Å². The topological polar surface area (TPSA) is 63.7 Å². The Labute approximate surface area is 105 Å². The van der Waals surface area contributed by atoms with Crippen molar-refractivity contribution in [1.29, 1.82) is 0 Å². The van der Waals surface area contributed by atoms with Gasteiger partial charge in [0.2, 0.25) is 0 Å². The average Bonchev–Trinajstić information content (AvgIpc) is 2.60. The van der Waals surface area contributed by atoms with Crippen LogP contribution in [-0.4, -0.2) is 30.6 Å². The molecule has 5 nitrogen and oxygen atoms in total. The maximum atomic E-state index is 13.2. The molecule has 0 saturated heterocycles. The number of allylic oxidation sites excluding steroid dienone is 2. The summed E-state index contributed by atoms with van der Waals surface area (Å²) in [6, 6.07) is 0. The Balaban J connectivity index is 3.10. The zero-order valence-electron chi connectivity index (χ0n) is 9.15. The first-order chi connectivity index (χ1) is 8.46. The number of amides is 1. The smallest absolute Gasteiger partial charge is 0.267 e. The molecular weight excluding hydrogens is 294 g/mol. The van der Waals surface area contributed by atoms with Gasteiger partial charge in [0, 0.05) is 6.08 Å². The summed E-state index contributed by atoms with van der Waals surface area (Å²) >= 11 is 0. The molecule has 0 unspecified atom stereocenters. The van der Waals surface area contributed by atoms with Crippen LogP contribution >= 0.6 is 0 Å². The van der Waals surface area contributed by atoms with Gasteiger partial charge in [0.25, 0.3) is 5.91 Å². The van der Waals surface area contributed by atoms with E-state index in [-0.39, 0.29) is 5.06 Å². The highest BCUT2D eigenvalue weighted by Gasteiger charge is 2.66. The molecular formula is C9H7F4NO4S. The Kier molecular flexibility index (Phi) is 3.61. The highest BCUT2D eigenvalue weighted by molar-refractivity contribution is 7.87. The number of carbonyl (C=O) groups excluding carboxylic acids is 1. The first-order valence-corrected chi connectivity index (χ1v) is 5.91. The van der Waals surface area contributed by atoms with E-state index in [2.05, 4.69) is 17.4 Å². The lowest BCUT2D eigenvalue weighted by Crippen LogP contribution is -2.48. The van der Waals surface area contributed by atoms with Crippen LogP contribution in [0.15, 0.2) is 37.1 Å². The molecule has 0 aromatic heterocycles. The zero-order valence-corrected chi connectivity index (χ0v) is 9.96. The van der Waals surface area contributed by atoms with Crippen LogP contribution in [0.25, 0.3) is 0 Å². The first kappa shape index (κ1) is 15.4. The van der Waals surface area contributed by atoms with E-state index in [9.17, 15) is 30.8 Å². The van der Waals surface area contributed by atoms with Crippen molar-refractivity contribution in [1.82, 2.24) is 5.06 Å². The predicted molar refractivity (Wildman–Crippen MR) is 55.2 cm³/mol. The molecule has 0 aromatic carbocycles. The monoisotopic (exact) mass is 301 g/mol. The lowest BCUT2D eigenvalue weighted by atomic mass is 10.3. The van der Waals surface area contributed by atoms with Crippen LogP contribution in [0.1, 0.15) is 0 Å². The van der Waals surface area contributed by atoms with Gasteiger partial charge in [0.05, 0.1) is 5.70 Å². The van der Waals surface area contributed by atoms with Gasteiger partial charge < -0.3 is 0 Å². The van der Waals surface area contributed by atoms with Gasteiger partial charge >= 0.3 is 21.3 Å². The molecule has 0 N–H and O–H groups in total. The van der Waals surface area contributed by atoms with Crippen molar-refractivity contribution in [3.05, 3.63) is 37.1 Å². The van der Waals surface area contributed by atoms with Crippen molar-refractivity contribution in [3.63, 3.8) is 0 Å². The van der Waals surface area contributed by atoms with Crippen LogP contribution in [0, 0.1) is 0 Å². The molecule has 1 aliphatic rings. The summed E-state index contributed by atoms with van der Waals surface area (Å²) in [4.78, 5) is 11.0. The molecule has 0 aromatic rings. The maximum absolute atomic E-state index is 13.2. The Morgan fingerprint density at radius 1 is 1.26 bits per heavy atom.